The van der Waals surface area contributed by atoms with Gasteiger partial charge >= 0.3 is 18.1 Å². The Morgan fingerprint density at radius 3 is 2.12 bits per heavy atom. The third kappa shape index (κ3) is 8.36. The molecule has 0 aromatic heterocycles. The fourth-order valence-corrected chi connectivity index (χ4v) is 3.07. The number of methoxy groups -OCH3 is 1. The van der Waals surface area contributed by atoms with Crippen LogP contribution in [0.4, 0.5) is 9.59 Å². The first-order valence-corrected chi connectivity index (χ1v) is 10.4. The van der Waals surface area contributed by atoms with E-state index in [4.69, 9.17) is 19.9 Å². The van der Waals surface area contributed by atoms with E-state index in [0.717, 1.165) is 5.56 Å². The maximum absolute atomic E-state index is 12.8. The van der Waals surface area contributed by atoms with Gasteiger partial charge in [0.15, 0.2) is 5.54 Å². The van der Waals surface area contributed by atoms with Crippen LogP contribution in [0.25, 0.3) is 0 Å². The highest BCUT2D eigenvalue weighted by Crippen LogP contribution is 2.21. The zero-order valence-corrected chi connectivity index (χ0v) is 19.3. The predicted molar refractivity (Wildman–Crippen MR) is 123 cm³/mol. The van der Waals surface area contributed by atoms with E-state index in [0.29, 0.717) is 17.9 Å². The predicted octanol–water partition coefficient (Wildman–Crippen LogP) is 2.91. The van der Waals surface area contributed by atoms with Crippen LogP contribution in [0.1, 0.15) is 31.9 Å². The third-order valence-corrected chi connectivity index (χ3v) is 4.56. The van der Waals surface area contributed by atoms with Crippen molar-refractivity contribution in [1.29, 1.82) is 0 Å². The molecule has 0 bridgehead atoms. The molecule has 9 heteroatoms. The van der Waals surface area contributed by atoms with Gasteiger partial charge in [0, 0.05) is 6.42 Å². The van der Waals surface area contributed by atoms with Crippen molar-refractivity contribution in [3.8, 4) is 5.75 Å². The molecule has 0 radical (unpaired) electrons. The van der Waals surface area contributed by atoms with Crippen molar-refractivity contribution in [2.45, 2.75) is 44.9 Å². The summed E-state index contributed by atoms with van der Waals surface area (Å²) in [5.41, 5.74) is 4.50. The molecule has 0 spiro atoms. The van der Waals surface area contributed by atoms with E-state index in [9.17, 15) is 14.4 Å². The number of hydrogen-bond acceptors (Lipinski definition) is 6. The lowest BCUT2D eigenvalue weighted by Crippen LogP contribution is -2.63. The Morgan fingerprint density at radius 1 is 0.939 bits per heavy atom. The Hall–Kier alpha value is -3.75. The van der Waals surface area contributed by atoms with Gasteiger partial charge in [0.2, 0.25) is 0 Å². The highest BCUT2D eigenvalue weighted by Gasteiger charge is 2.43. The Labute approximate surface area is 193 Å². The monoisotopic (exact) mass is 457 g/mol. The number of benzene rings is 2. The summed E-state index contributed by atoms with van der Waals surface area (Å²) < 4.78 is 16.0. The van der Waals surface area contributed by atoms with Crippen molar-refractivity contribution in [2.24, 2.45) is 5.73 Å². The number of alkyl carbamates (subject to hydrolysis) is 1. The molecule has 0 aliphatic rings. The number of nitrogens with one attached hydrogen (secondary N) is 2. The minimum Gasteiger partial charge on any atom is -0.489 e. The molecule has 4 N–H and O–H groups in total. The zero-order chi connectivity index (χ0) is 24.5. The van der Waals surface area contributed by atoms with Crippen LogP contribution in [-0.2, 0) is 27.3 Å². The molecule has 1 atom stereocenters. The highest BCUT2D eigenvalue weighted by molar-refractivity contribution is 5.87. The van der Waals surface area contributed by atoms with Crippen LogP contribution in [0, 0.1) is 0 Å². The van der Waals surface area contributed by atoms with E-state index in [1.54, 1.807) is 45.0 Å². The van der Waals surface area contributed by atoms with Crippen LogP contribution in [0.2, 0.25) is 0 Å². The largest absolute Gasteiger partial charge is 0.489 e. The first kappa shape index (κ1) is 25.5. The van der Waals surface area contributed by atoms with Crippen LogP contribution in [0.5, 0.6) is 5.75 Å². The van der Waals surface area contributed by atoms with Gasteiger partial charge in [0.25, 0.3) is 0 Å². The van der Waals surface area contributed by atoms with Gasteiger partial charge in [0.1, 0.15) is 18.0 Å². The molecule has 0 saturated heterocycles. The summed E-state index contributed by atoms with van der Waals surface area (Å²) in [7, 11) is 1.19. The number of carbonyl (C=O) groups is 3. The van der Waals surface area contributed by atoms with Crippen molar-refractivity contribution in [3.63, 3.8) is 0 Å². The second kappa shape index (κ2) is 11.2. The summed E-state index contributed by atoms with van der Waals surface area (Å²) in [6, 6.07) is 15.9. The van der Waals surface area contributed by atoms with E-state index in [1.165, 1.54) is 7.11 Å². The van der Waals surface area contributed by atoms with E-state index in [2.05, 4.69) is 10.6 Å². The lowest BCUT2D eigenvalue weighted by molar-refractivity contribution is -0.148. The maximum atomic E-state index is 12.8. The summed E-state index contributed by atoms with van der Waals surface area (Å²) >= 11 is 0. The number of ether oxygens (including phenoxy) is 3. The number of esters is 1. The number of nitrogens with two attached hydrogens (primary N) is 1. The molecule has 0 fully saturated rings. The normalized spacial score (nSPS) is 12.7. The Bertz CT molecular complexity index is 941. The summed E-state index contributed by atoms with van der Waals surface area (Å²) in [6.45, 7) is 5.21. The van der Waals surface area contributed by atoms with Crippen LogP contribution in [0.15, 0.2) is 54.6 Å². The number of hydrogen-bond donors (Lipinski definition) is 3. The fourth-order valence-electron chi connectivity index (χ4n) is 3.07. The van der Waals surface area contributed by atoms with Gasteiger partial charge < -0.3 is 30.6 Å². The van der Waals surface area contributed by atoms with E-state index in [1.807, 2.05) is 30.3 Å². The second-order valence-electron chi connectivity index (χ2n) is 8.51. The molecule has 2 aromatic rings. The fraction of sp³-hybridized carbons (Fsp3) is 0.375. The first-order valence-electron chi connectivity index (χ1n) is 10.4. The van der Waals surface area contributed by atoms with E-state index >= 15 is 0 Å². The van der Waals surface area contributed by atoms with Gasteiger partial charge in [-0.1, -0.05) is 42.5 Å². The SMILES string of the molecule is COC(=O)C(CNC(N)=O)(Cc1ccc(OCc2ccccc2)cc1)NC(=O)OC(C)(C)C. The number of urea groups is 1. The quantitative estimate of drug-likeness (QED) is 0.497. The zero-order valence-electron chi connectivity index (χ0n) is 19.3. The molecule has 178 valence electrons. The molecule has 2 aromatic carbocycles. The van der Waals surface area contributed by atoms with Gasteiger partial charge in [-0.15, -0.1) is 0 Å². The number of primary amides is 1. The average Bonchev–Trinajstić information content (AvgIpc) is 2.75. The van der Waals surface area contributed by atoms with Crippen LogP contribution < -0.4 is 21.1 Å². The molecule has 1 unspecified atom stereocenters. The Morgan fingerprint density at radius 2 is 1.58 bits per heavy atom. The second-order valence-corrected chi connectivity index (χ2v) is 8.51. The number of rotatable bonds is 9. The van der Waals surface area contributed by atoms with Gasteiger partial charge in [-0.3, -0.25) is 0 Å². The first-order chi connectivity index (χ1) is 15.5. The van der Waals surface area contributed by atoms with Gasteiger partial charge in [-0.05, 0) is 44.0 Å². The molecule has 0 saturated carbocycles. The highest BCUT2D eigenvalue weighted by atomic mass is 16.6. The molecular weight excluding hydrogens is 426 g/mol. The van der Waals surface area contributed by atoms with Crippen molar-refractivity contribution in [1.82, 2.24) is 10.6 Å². The molecule has 3 amide bonds. The minimum absolute atomic E-state index is 0.0121. The molecule has 2 rings (SSSR count). The third-order valence-electron chi connectivity index (χ3n) is 4.56. The molecule has 0 heterocycles. The summed E-state index contributed by atoms with van der Waals surface area (Å²) in [5, 5.41) is 4.95. The summed E-state index contributed by atoms with van der Waals surface area (Å²) in [5.74, 6) is -0.117. The van der Waals surface area contributed by atoms with Gasteiger partial charge in [-0.25, -0.2) is 14.4 Å². The van der Waals surface area contributed by atoms with Crippen molar-refractivity contribution in [3.05, 3.63) is 65.7 Å². The minimum atomic E-state index is -1.64. The Kier molecular flexibility index (Phi) is 8.67. The number of amides is 3. The van der Waals surface area contributed by atoms with Crippen molar-refractivity contribution in [2.75, 3.05) is 13.7 Å². The topological polar surface area (TPSA) is 129 Å². The average molecular weight is 458 g/mol. The lowest BCUT2D eigenvalue weighted by Gasteiger charge is -2.33. The summed E-state index contributed by atoms with van der Waals surface area (Å²) in [4.78, 5) is 36.6. The molecular formula is C24H31N3O6. The van der Waals surface area contributed by atoms with Gasteiger partial charge in [-0.2, -0.15) is 0 Å². The van der Waals surface area contributed by atoms with Crippen LogP contribution in [-0.4, -0.2) is 42.9 Å². The standard InChI is InChI=1S/C24H31N3O6/c1-23(2,3)33-22(30)27-24(20(28)31-4,16-26-21(25)29)14-17-10-12-19(13-11-17)32-15-18-8-6-5-7-9-18/h5-13H,14-16H2,1-4H3,(H,27,30)(H3,25,26,29). The number of carbonyl (C=O) groups excluding carboxylic acids is 3. The maximum Gasteiger partial charge on any atom is 0.408 e. The molecule has 0 aliphatic heterocycles. The lowest BCUT2D eigenvalue weighted by atomic mass is 9.90. The van der Waals surface area contributed by atoms with Crippen molar-refractivity contribution < 1.29 is 28.6 Å². The van der Waals surface area contributed by atoms with Crippen LogP contribution in [0.3, 0.4) is 0 Å². The molecule has 0 aliphatic carbocycles. The van der Waals surface area contributed by atoms with E-state index in [-0.39, 0.29) is 13.0 Å². The van der Waals surface area contributed by atoms with Crippen LogP contribution >= 0.6 is 0 Å². The van der Waals surface area contributed by atoms with Gasteiger partial charge in [0.05, 0.1) is 13.7 Å². The molecule has 33 heavy (non-hydrogen) atoms. The van der Waals surface area contributed by atoms with E-state index < -0.39 is 29.2 Å². The Balaban J connectivity index is 2.21. The van der Waals surface area contributed by atoms with Crippen molar-refractivity contribution >= 4 is 18.1 Å². The smallest absolute Gasteiger partial charge is 0.408 e. The summed E-state index contributed by atoms with van der Waals surface area (Å²) in [6.07, 6.45) is -0.819. The molecule has 9 nitrogen and oxygen atoms in total.